The summed E-state index contributed by atoms with van der Waals surface area (Å²) in [5.74, 6) is 0.836. The van der Waals surface area contributed by atoms with Crippen LogP contribution in [0.3, 0.4) is 0 Å². The summed E-state index contributed by atoms with van der Waals surface area (Å²) in [4.78, 5) is 0. The van der Waals surface area contributed by atoms with E-state index in [1.54, 1.807) is 0 Å². The highest BCUT2D eigenvalue weighted by Gasteiger charge is 2.26. The van der Waals surface area contributed by atoms with E-state index in [4.69, 9.17) is 0 Å². The van der Waals surface area contributed by atoms with Gasteiger partial charge in [0, 0.05) is 7.05 Å². The van der Waals surface area contributed by atoms with Gasteiger partial charge in [-0.2, -0.15) is 0 Å². The average Bonchev–Trinajstić information content (AvgIpc) is 2.55. The van der Waals surface area contributed by atoms with Crippen LogP contribution in [0.5, 0.6) is 0 Å². The lowest BCUT2D eigenvalue weighted by Gasteiger charge is -2.31. The van der Waals surface area contributed by atoms with Gasteiger partial charge in [0.15, 0.2) is 0 Å². The Balaban J connectivity index is 0.000000555. The first-order chi connectivity index (χ1) is 8.93. The van der Waals surface area contributed by atoms with Crippen molar-refractivity contribution in [2.45, 2.75) is 65.7 Å². The molecule has 0 heterocycles. The molecule has 114 valence electrons. The Kier molecular flexibility index (Phi) is 10.0. The third-order valence-electron chi connectivity index (χ3n) is 4.13. The largest absolute Gasteiger partial charge is 0.392 e. The lowest BCUT2D eigenvalue weighted by Crippen LogP contribution is -2.24. The highest BCUT2D eigenvalue weighted by atomic mass is 14.8. The van der Waals surface area contributed by atoms with Crippen molar-refractivity contribution in [3.8, 4) is 0 Å². The van der Waals surface area contributed by atoms with Crippen LogP contribution in [-0.2, 0) is 0 Å². The van der Waals surface area contributed by atoms with Crippen LogP contribution >= 0.6 is 0 Å². The van der Waals surface area contributed by atoms with Crippen LogP contribution in [0.2, 0.25) is 0 Å². The molecule has 0 aromatic rings. The van der Waals surface area contributed by atoms with Crippen molar-refractivity contribution >= 4 is 0 Å². The first-order valence-electron chi connectivity index (χ1n) is 7.91. The number of rotatable bonds is 5. The second-order valence-corrected chi connectivity index (χ2v) is 6.62. The molecule has 1 rings (SSSR count). The second-order valence-electron chi connectivity index (χ2n) is 6.62. The minimum Gasteiger partial charge on any atom is -0.392 e. The van der Waals surface area contributed by atoms with E-state index >= 15 is 0 Å². The van der Waals surface area contributed by atoms with Crippen molar-refractivity contribution in [2.24, 2.45) is 11.3 Å². The summed E-state index contributed by atoms with van der Waals surface area (Å²) in [5, 5.41) is 6.12. The Morgan fingerprint density at radius 3 is 2.00 bits per heavy atom. The number of nitrogens with one attached hydrogen (secondary N) is 2. The summed E-state index contributed by atoms with van der Waals surface area (Å²) >= 11 is 0. The molecule has 0 aliphatic heterocycles. The molecule has 0 spiro atoms. The molecular formula is C17H36N2. The van der Waals surface area contributed by atoms with Crippen LogP contribution in [0.4, 0.5) is 0 Å². The molecule has 0 amide bonds. The maximum absolute atomic E-state index is 3.56. The number of hydrogen-bond donors (Lipinski definition) is 2. The molecule has 1 unspecified atom stereocenters. The summed E-state index contributed by atoms with van der Waals surface area (Å²) in [6.45, 7) is 11.5. The van der Waals surface area contributed by atoms with E-state index in [1.165, 1.54) is 51.5 Å². The van der Waals surface area contributed by atoms with E-state index in [2.05, 4.69) is 38.1 Å². The molecule has 2 nitrogen and oxygen atoms in total. The van der Waals surface area contributed by atoms with E-state index in [9.17, 15) is 0 Å². The van der Waals surface area contributed by atoms with Crippen molar-refractivity contribution < 1.29 is 0 Å². The minimum atomic E-state index is 0.646. The normalized spacial score (nSPS) is 19.6. The zero-order valence-electron chi connectivity index (χ0n) is 13.9. The van der Waals surface area contributed by atoms with Crippen LogP contribution in [0.15, 0.2) is 12.3 Å². The van der Waals surface area contributed by atoms with E-state index in [0.29, 0.717) is 5.41 Å². The standard InChI is InChI=1S/C13H27N.C4H9N/c1-12(11-14-3)10-13(2)8-6-4-5-7-9-13;1-4(2)5-3/h12,14H,4-11H2,1-3H3;5H,1H2,2-3H3. The fraction of sp³-hybridized carbons (Fsp3) is 0.882. The molecule has 1 aliphatic carbocycles. The molecular weight excluding hydrogens is 232 g/mol. The summed E-state index contributed by atoms with van der Waals surface area (Å²) in [6.07, 6.45) is 10.2. The smallest absolute Gasteiger partial charge is 0.00299 e. The van der Waals surface area contributed by atoms with Crippen LogP contribution in [0.1, 0.15) is 65.7 Å². The molecule has 0 aromatic carbocycles. The molecule has 1 saturated carbocycles. The van der Waals surface area contributed by atoms with Gasteiger partial charge in [-0.05, 0) is 56.8 Å². The second kappa shape index (κ2) is 10.3. The zero-order valence-corrected chi connectivity index (χ0v) is 13.9. The predicted molar refractivity (Wildman–Crippen MR) is 87.4 cm³/mol. The Hall–Kier alpha value is -0.500. The first-order valence-corrected chi connectivity index (χ1v) is 7.91. The molecule has 1 fully saturated rings. The molecule has 2 N–H and O–H groups in total. The van der Waals surface area contributed by atoms with Crippen molar-refractivity contribution in [3.05, 3.63) is 12.3 Å². The van der Waals surface area contributed by atoms with E-state index < -0.39 is 0 Å². The average molecular weight is 268 g/mol. The summed E-state index contributed by atoms with van der Waals surface area (Å²) < 4.78 is 0. The van der Waals surface area contributed by atoms with Gasteiger partial charge in [0.25, 0.3) is 0 Å². The lowest BCUT2D eigenvalue weighted by atomic mass is 9.75. The number of hydrogen-bond acceptors (Lipinski definition) is 2. The Morgan fingerprint density at radius 1 is 1.16 bits per heavy atom. The maximum atomic E-state index is 3.56. The van der Waals surface area contributed by atoms with Crippen molar-refractivity contribution in [3.63, 3.8) is 0 Å². The van der Waals surface area contributed by atoms with Crippen LogP contribution in [0.25, 0.3) is 0 Å². The summed E-state index contributed by atoms with van der Waals surface area (Å²) in [6, 6.07) is 0. The third kappa shape index (κ3) is 10.0. The third-order valence-corrected chi connectivity index (χ3v) is 4.13. The molecule has 0 aromatic heterocycles. The molecule has 19 heavy (non-hydrogen) atoms. The lowest BCUT2D eigenvalue weighted by molar-refractivity contribution is 0.213. The van der Waals surface area contributed by atoms with Gasteiger partial charge in [0.05, 0.1) is 0 Å². The first kappa shape index (κ1) is 18.5. The van der Waals surface area contributed by atoms with Crippen molar-refractivity contribution in [2.75, 3.05) is 20.6 Å². The zero-order chi connectivity index (χ0) is 14.7. The van der Waals surface area contributed by atoms with Crippen LogP contribution < -0.4 is 10.6 Å². The fourth-order valence-electron chi connectivity index (χ4n) is 3.05. The maximum Gasteiger partial charge on any atom is 0.00299 e. The summed E-state index contributed by atoms with van der Waals surface area (Å²) in [7, 11) is 3.91. The number of allylic oxidation sites excluding steroid dienone is 1. The molecule has 0 radical (unpaired) electrons. The Labute approximate surface area is 121 Å². The van der Waals surface area contributed by atoms with Gasteiger partial charge in [-0.15, -0.1) is 0 Å². The van der Waals surface area contributed by atoms with Gasteiger partial charge < -0.3 is 10.6 Å². The molecule has 0 saturated heterocycles. The van der Waals surface area contributed by atoms with Gasteiger partial charge in [0.1, 0.15) is 0 Å². The monoisotopic (exact) mass is 268 g/mol. The van der Waals surface area contributed by atoms with Gasteiger partial charge in [-0.1, -0.05) is 46.1 Å². The topological polar surface area (TPSA) is 24.1 Å². The van der Waals surface area contributed by atoms with E-state index in [-0.39, 0.29) is 0 Å². The molecule has 1 atom stereocenters. The predicted octanol–water partition coefficient (Wildman–Crippen LogP) is 4.33. The Morgan fingerprint density at radius 2 is 1.63 bits per heavy atom. The quantitative estimate of drug-likeness (QED) is 0.725. The molecule has 0 bridgehead atoms. The highest BCUT2D eigenvalue weighted by Crippen LogP contribution is 2.39. The molecule has 2 heteroatoms. The summed E-state index contributed by atoms with van der Waals surface area (Å²) in [5.41, 5.74) is 1.65. The molecule has 1 aliphatic rings. The van der Waals surface area contributed by atoms with E-state index in [1.807, 2.05) is 14.0 Å². The van der Waals surface area contributed by atoms with Crippen molar-refractivity contribution in [1.29, 1.82) is 0 Å². The highest BCUT2D eigenvalue weighted by molar-refractivity contribution is 4.81. The minimum absolute atomic E-state index is 0.646. The van der Waals surface area contributed by atoms with Gasteiger partial charge in [0.2, 0.25) is 0 Å². The van der Waals surface area contributed by atoms with Crippen molar-refractivity contribution in [1.82, 2.24) is 10.6 Å². The fourth-order valence-corrected chi connectivity index (χ4v) is 3.05. The van der Waals surface area contributed by atoms with Gasteiger partial charge in [-0.3, -0.25) is 0 Å². The Bertz CT molecular complexity index is 227. The SMILES string of the molecule is C=C(C)NC.CNCC(C)CC1(C)CCCCCC1. The van der Waals surface area contributed by atoms with Gasteiger partial charge >= 0.3 is 0 Å². The van der Waals surface area contributed by atoms with Gasteiger partial charge in [-0.25, -0.2) is 0 Å². The van der Waals surface area contributed by atoms with E-state index in [0.717, 1.165) is 11.6 Å². The van der Waals surface area contributed by atoms with Crippen LogP contribution in [0, 0.1) is 11.3 Å². The van der Waals surface area contributed by atoms with Crippen LogP contribution in [-0.4, -0.2) is 20.6 Å².